The van der Waals surface area contributed by atoms with Crippen LogP contribution in [-0.2, 0) is 29.0 Å². The van der Waals surface area contributed by atoms with E-state index in [1.54, 1.807) is 20.8 Å². The molecule has 0 aromatic carbocycles. The average Bonchev–Trinajstić information content (AvgIpc) is 3.69. The van der Waals surface area contributed by atoms with Crippen LogP contribution < -0.4 is 21.3 Å². The smallest absolute Gasteiger partial charge is 0.315 e. The van der Waals surface area contributed by atoms with E-state index in [4.69, 9.17) is 0 Å². The molecule has 0 aromatic heterocycles. The monoisotopic (exact) mass is 707 g/mol. The van der Waals surface area contributed by atoms with Gasteiger partial charge in [-0.3, -0.25) is 19.2 Å². The minimum absolute atomic E-state index is 0.00395. The number of Topliss-reactive ketones (excluding diaryl/α,β-unsaturated/α-hetero) is 1. The van der Waals surface area contributed by atoms with Gasteiger partial charge in [0.25, 0.3) is 5.91 Å². The van der Waals surface area contributed by atoms with Crippen molar-refractivity contribution >= 4 is 39.4 Å². The molecular formula is C36H61N5O7S. The van der Waals surface area contributed by atoms with Crippen molar-refractivity contribution in [3.05, 3.63) is 12.7 Å². The summed E-state index contributed by atoms with van der Waals surface area (Å²) in [6, 6.07) is -3.58. The average molecular weight is 708 g/mol. The van der Waals surface area contributed by atoms with E-state index in [0.717, 1.165) is 32.1 Å². The Labute approximate surface area is 293 Å². The van der Waals surface area contributed by atoms with Crippen LogP contribution in [0.3, 0.4) is 0 Å². The highest BCUT2D eigenvalue weighted by molar-refractivity contribution is 7.92. The molecular weight excluding hydrogens is 646 g/mol. The summed E-state index contributed by atoms with van der Waals surface area (Å²) >= 11 is 0. The first-order chi connectivity index (χ1) is 22.6. The molecule has 278 valence electrons. The molecule has 2 aliphatic carbocycles. The maximum atomic E-state index is 14.4. The fourth-order valence-electron chi connectivity index (χ4n) is 6.78. The number of nitrogens with zero attached hydrogens (tertiary/aromatic N) is 1. The van der Waals surface area contributed by atoms with E-state index in [0.29, 0.717) is 32.2 Å². The predicted octanol–water partition coefficient (Wildman–Crippen LogP) is 3.65. The summed E-state index contributed by atoms with van der Waals surface area (Å²) in [4.78, 5) is 69.3. The normalized spacial score (nSPS) is 22.5. The highest BCUT2D eigenvalue weighted by atomic mass is 32.2. The third-order valence-corrected chi connectivity index (χ3v) is 13.2. The Hall–Kier alpha value is -2.96. The van der Waals surface area contributed by atoms with Crippen LogP contribution in [0.1, 0.15) is 113 Å². The Balaban J connectivity index is 1.85. The summed E-state index contributed by atoms with van der Waals surface area (Å²) in [6.07, 6.45) is 7.57. The van der Waals surface area contributed by atoms with E-state index >= 15 is 0 Å². The molecule has 0 aromatic rings. The second-order valence-electron chi connectivity index (χ2n) is 17.0. The van der Waals surface area contributed by atoms with Crippen LogP contribution in [0.5, 0.6) is 0 Å². The summed E-state index contributed by atoms with van der Waals surface area (Å²) < 4.78 is 25.6. The van der Waals surface area contributed by atoms with Gasteiger partial charge in [0.2, 0.25) is 17.6 Å². The Morgan fingerprint density at radius 2 is 1.57 bits per heavy atom. The molecule has 3 fully saturated rings. The summed E-state index contributed by atoms with van der Waals surface area (Å²) in [7, 11) is -3.56. The number of urea groups is 1. The molecule has 0 bridgehead atoms. The second kappa shape index (κ2) is 15.9. The number of nitrogens with one attached hydrogen (secondary N) is 4. The number of amides is 5. The van der Waals surface area contributed by atoms with Gasteiger partial charge in [-0.2, -0.15) is 0 Å². The predicted molar refractivity (Wildman–Crippen MR) is 190 cm³/mol. The molecule has 1 heterocycles. The minimum atomic E-state index is -3.56. The molecule has 1 unspecified atom stereocenters. The van der Waals surface area contributed by atoms with Crippen molar-refractivity contribution in [2.45, 2.75) is 142 Å². The highest BCUT2D eigenvalue weighted by Crippen LogP contribution is 2.36. The van der Waals surface area contributed by atoms with Crippen molar-refractivity contribution in [1.82, 2.24) is 26.2 Å². The zero-order valence-corrected chi connectivity index (χ0v) is 31.8. The first-order valence-corrected chi connectivity index (χ1v) is 19.6. The fourth-order valence-corrected chi connectivity index (χ4v) is 8.30. The van der Waals surface area contributed by atoms with Crippen molar-refractivity contribution in [2.24, 2.45) is 23.2 Å². The van der Waals surface area contributed by atoms with Gasteiger partial charge in [0, 0.05) is 13.1 Å². The topological polar surface area (TPSA) is 171 Å². The molecule has 2 saturated carbocycles. The zero-order chi connectivity index (χ0) is 36.9. The maximum absolute atomic E-state index is 14.4. The molecule has 1 saturated heterocycles. The molecule has 12 nitrogen and oxygen atoms in total. The van der Waals surface area contributed by atoms with E-state index in [2.05, 4.69) is 27.8 Å². The Morgan fingerprint density at radius 1 is 0.959 bits per heavy atom. The number of rotatable bonds is 14. The van der Waals surface area contributed by atoms with E-state index < -0.39 is 73.2 Å². The molecule has 49 heavy (non-hydrogen) atoms. The van der Waals surface area contributed by atoms with Gasteiger partial charge < -0.3 is 26.2 Å². The van der Waals surface area contributed by atoms with Gasteiger partial charge in [0.05, 0.1) is 22.1 Å². The van der Waals surface area contributed by atoms with E-state index in [-0.39, 0.29) is 30.1 Å². The van der Waals surface area contributed by atoms with Crippen LogP contribution in [0, 0.1) is 23.2 Å². The quantitative estimate of drug-likeness (QED) is 0.158. The number of ketones is 1. The van der Waals surface area contributed by atoms with Crippen LogP contribution in [-0.4, -0.2) is 90.1 Å². The summed E-state index contributed by atoms with van der Waals surface area (Å²) in [5, 5.41) is 11.2. The second-order valence-corrected chi connectivity index (χ2v) is 19.7. The van der Waals surface area contributed by atoms with Crippen LogP contribution in [0.15, 0.2) is 12.7 Å². The molecule has 3 aliphatic rings. The van der Waals surface area contributed by atoms with Gasteiger partial charge in [0.15, 0.2) is 9.84 Å². The van der Waals surface area contributed by atoms with Gasteiger partial charge >= 0.3 is 6.03 Å². The first-order valence-electron chi connectivity index (χ1n) is 18.0. The fraction of sp³-hybridized carbons (Fsp3) is 0.806. The Bertz CT molecular complexity index is 1350. The standard InChI is InChI=1S/C36H61N5O7S/c1-10-18-37-31(44)28(42)26(19-24-14-15-24)38-30(43)27-20-25(23(2)3)21-41(27)32(45)29(34(4,5)6)39-33(46)40-36(16-12-11-13-17-36)22-49(47,48)35(7,8)9/h10,23-27,29H,1,11-22H2,2-9H3,(H,37,44)(H,38,43)(H2,39,40,46)/t25-,26?,27+,29-/m1/s1. The summed E-state index contributed by atoms with van der Waals surface area (Å²) in [5.41, 5.74) is -1.73. The van der Waals surface area contributed by atoms with Gasteiger partial charge in [-0.05, 0) is 69.6 Å². The van der Waals surface area contributed by atoms with E-state index in [1.165, 1.54) is 11.0 Å². The first kappa shape index (κ1) is 40.5. The zero-order valence-electron chi connectivity index (χ0n) is 30.9. The molecule has 5 amide bonds. The Morgan fingerprint density at radius 3 is 2.08 bits per heavy atom. The summed E-state index contributed by atoms with van der Waals surface area (Å²) in [5.74, 6) is -2.25. The highest BCUT2D eigenvalue weighted by Gasteiger charge is 2.48. The third kappa shape index (κ3) is 10.8. The summed E-state index contributed by atoms with van der Waals surface area (Å²) in [6.45, 7) is 18.5. The number of carbonyl (C=O) groups is 5. The van der Waals surface area contributed by atoms with E-state index in [1.807, 2.05) is 34.6 Å². The Kier molecular flexibility index (Phi) is 13.2. The number of likely N-dealkylation sites (tertiary alicyclic amines) is 1. The third-order valence-electron chi connectivity index (χ3n) is 10.4. The number of hydrogen-bond donors (Lipinski definition) is 4. The maximum Gasteiger partial charge on any atom is 0.315 e. The van der Waals surface area contributed by atoms with Gasteiger partial charge in [0.1, 0.15) is 12.1 Å². The van der Waals surface area contributed by atoms with Crippen molar-refractivity contribution in [2.75, 3.05) is 18.8 Å². The van der Waals surface area contributed by atoms with Crippen LogP contribution in [0.25, 0.3) is 0 Å². The molecule has 4 atom stereocenters. The van der Waals surface area contributed by atoms with Crippen LogP contribution in [0.4, 0.5) is 4.79 Å². The lowest BCUT2D eigenvalue weighted by molar-refractivity contribution is -0.143. The lowest BCUT2D eigenvalue weighted by Gasteiger charge is -2.41. The molecule has 4 N–H and O–H groups in total. The lowest BCUT2D eigenvalue weighted by atomic mass is 9.83. The van der Waals surface area contributed by atoms with E-state index in [9.17, 15) is 32.4 Å². The molecule has 13 heteroatoms. The van der Waals surface area contributed by atoms with Gasteiger partial charge in [-0.1, -0.05) is 72.8 Å². The van der Waals surface area contributed by atoms with Gasteiger partial charge in [-0.25, -0.2) is 13.2 Å². The molecule has 0 radical (unpaired) electrons. The number of carbonyl (C=O) groups excluding carboxylic acids is 5. The van der Waals surface area contributed by atoms with Crippen LogP contribution in [0.2, 0.25) is 0 Å². The van der Waals surface area contributed by atoms with Crippen molar-refractivity contribution in [1.29, 1.82) is 0 Å². The minimum Gasteiger partial charge on any atom is -0.346 e. The van der Waals surface area contributed by atoms with Crippen molar-refractivity contribution in [3.63, 3.8) is 0 Å². The van der Waals surface area contributed by atoms with Crippen molar-refractivity contribution in [3.8, 4) is 0 Å². The van der Waals surface area contributed by atoms with Gasteiger partial charge in [-0.15, -0.1) is 6.58 Å². The molecule has 1 aliphatic heterocycles. The van der Waals surface area contributed by atoms with Crippen LogP contribution >= 0.6 is 0 Å². The largest absolute Gasteiger partial charge is 0.346 e. The lowest BCUT2D eigenvalue weighted by Crippen LogP contribution is -2.63. The number of sulfone groups is 1. The van der Waals surface area contributed by atoms with Crippen molar-refractivity contribution < 1.29 is 32.4 Å². The molecule has 3 rings (SSSR count). The SMILES string of the molecule is C=CCNC(=O)C(=O)C(CC1CC1)NC(=O)[C@@H]1C[C@@H](C(C)C)CN1C(=O)[C@@H](NC(=O)NC1(CS(=O)(=O)C(C)(C)C)CCCCC1)C(C)(C)C. The molecule has 0 spiro atoms. The number of hydrogen-bond acceptors (Lipinski definition) is 7.